The van der Waals surface area contributed by atoms with Crippen molar-refractivity contribution in [2.75, 3.05) is 21.2 Å². The zero-order valence-corrected chi connectivity index (χ0v) is 18.9. The van der Waals surface area contributed by atoms with Gasteiger partial charge in [-0.25, -0.2) is 0 Å². The predicted octanol–water partition coefficient (Wildman–Crippen LogP) is 5.31. The number of carbonyl (C=O) groups excluding carboxylic acids is 1. The van der Waals surface area contributed by atoms with Crippen LogP contribution < -0.4 is 4.74 Å². The normalized spacial score (nSPS) is 12.2. The highest BCUT2D eigenvalue weighted by molar-refractivity contribution is 5.85. The van der Waals surface area contributed by atoms with Crippen LogP contribution in [0.2, 0.25) is 0 Å². The van der Waals surface area contributed by atoms with Crippen LogP contribution in [0.15, 0.2) is 48.7 Å². The largest absolute Gasteiger partial charge is 0.496 e. The second-order valence-corrected chi connectivity index (χ2v) is 8.36. The summed E-state index contributed by atoms with van der Waals surface area (Å²) in [7, 11) is 5.38. The minimum Gasteiger partial charge on any atom is -0.496 e. The van der Waals surface area contributed by atoms with Gasteiger partial charge in [0.15, 0.2) is 0 Å². The van der Waals surface area contributed by atoms with Crippen LogP contribution in [0.4, 0.5) is 0 Å². The topological polar surface area (TPSA) is 34.5 Å². The summed E-state index contributed by atoms with van der Waals surface area (Å²) in [5, 5.41) is 1.30. The molecular formula is C26H34N2O2. The van der Waals surface area contributed by atoms with Crippen LogP contribution >= 0.6 is 0 Å². The average molecular weight is 407 g/mol. The average Bonchev–Trinajstić information content (AvgIpc) is 3.08. The third-order valence-corrected chi connectivity index (χ3v) is 5.79. The van der Waals surface area contributed by atoms with Crippen molar-refractivity contribution in [2.45, 2.75) is 46.1 Å². The molecule has 1 aromatic heterocycles. The van der Waals surface area contributed by atoms with Crippen LogP contribution in [0.5, 0.6) is 5.75 Å². The fourth-order valence-electron chi connectivity index (χ4n) is 4.14. The third kappa shape index (κ3) is 4.86. The van der Waals surface area contributed by atoms with Crippen molar-refractivity contribution in [2.24, 2.45) is 5.92 Å². The fourth-order valence-corrected chi connectivity index (χ4v) is 4.14. The molecule has 0 N–H and O–H groups in total. The molecule has 1 unspecified atom stereocenters. The predicted molar refractivity (Wildman–Crippen MR) is 124 cm³/mol. The number of benzene rings is 2. The molecule has 0 aliphatic carbocycles. The number of amides is 1. The summed E-state index contributed by atoms with van der Waals surface area (Å²) < 4.78 is 7.93. The minimum absolute atomic E-state index is 0.0356. The zero-order valence-electron chi connectivity index (χ0n) is 18.9. The maximum Gasteiger partial charge on any atom is 0.224 e. The van der Waals surface area contributed by atoms with Gasteiger partial charge in [-0.2, -0.15) is 0 Å². The number of aromatic nitrogens is 1. The lowest BCUT2D eigenvalue weighted by Crippen LogP contribution is -2.28. The van der Waals surface area contributed by atoms with Crippen LogP contribution in [-0.4, -0.2) is 36.6 Å². The number of hydrogen-bond acceptors (Lipinski definition) is 2. The number of methoxy groups -OCH3 is 1. The lowest BCUT2D eigenvalue weighted by molar-refractivity contribution is -0.132. The smallest absolute Gasteiger partial charge is 0.224 e. The Morgan fingerprint density at radius 2 is 1.90 bits per heavy atom. The second-order valence-electron chi connectivity index (χ2n) is 8.36. The van der Waals surface area contributed by atoms with Crippen LogP contribution in [-0.2, 0) is 24.2 Å². The molecule has 0 aliphatic heterocycles. The third-order valence-electron chi connectivity index (χ3n) is 5.79. The molecule has 0 radical (unpaired) electrons. The van der Waals surface area contributed by atoms with E-state index in [0.29, 0.717) is 0 Å². The molecular weight excluding hydrogens is 372 g/mol. The van der Waals surface area contributed by atoms with Crippen LogP contribution in [0.1, 0.15) is 43.4 Å². The van der Waals surface area contributed by atoms with Crippen molar-refractivity contribution in [1.29, 1.82) is 0 Å². The Morgan fingerprint density at radius 3 is 2.60 bits per heavy atom. The van der Waals surface area contributed by atoms with E-state index in [1.54, 1.807) is 12.0 Å². The first-order chi connectivity index (χ1) is 14.4. The van der Waals surface area contributed by atoms with Crippen molar-refractivity contribution in [3.05, 3.63) is 65.4 Å². The van der Waals surface area contributed by atoms with Crippen LogP contribution in [0.25, 0.3) is 10.9 Å². The number of ether oxygens (including phenoxy) is 1. The first-order valence-electron chi connectivity index (χ1n) is 10.9. The highest BCUT2D eigenvalue weighted by Gasteiger charge is 2.16. The Hall–Kier alpha value is -2.75. The standard InChI is InChI=1S/C26H34N2O2/c1-6-15-28-18-22(17-21-9-7-8-10-25(21)30-5)23-16-20(13-14-24(23)28)12-11-19(2)26(29)27(3)4/h7-10,13-14,16,18-19H,6,11-12,15,17H2,1-5H3. The highest BCUT2D eigenvalue weighted by Crippen LogP contribution is 2.29. The van der Waals surface area contributed by atoms with Gasteiger partial charge in [-0.1, -0.05) is 38.1 Å². The molecule has 0 bridgehead atoms. The lowest BCUT2D eigenvalue weighted by Gasteiger charge is -2.16. The number of para-hydroxylation sites is 1. The zero-order chi connectivity index (χ0) is 21.7. The highest BCUT2D eigenvalue weighted by atomic mass is 16.5. The van der Waals surface area contributed by atoms with Crippen LogP contribution in [0.3, 0.4) is 0 Å². The monoisotopic (exact) mass is 406 g/mol. The minimum atomic E-state index is 0.0356. The van der Waals surface area contributed by atoms with E-state index in [0.717, 1.165) is 38.0 Å². The van der Waals surface area contributed by atoms with E-state index >= 15 is 0 Å². The number of aryl methyl sites for hydroxylation is 2. The summed E-state index contributed by atoms with van der Waals surface area (Å²) in [5.74, 6) is 1.16. The molecule has 1 heterocycles. The molecule has 0 saturated heterocycles. The van der Waals surface area contributed by atoms with Gasteiger partial charge in [-0.15, -0.1) is 0 Å². The summed E-state index contributed by atoms with van der Waals surface area (Å²) in [4.78, 5) is 13.9. The van der Waals surface area contributed by atoms with Crippen molar-refractivity contribution in [3.63, 3.8) is 0 Å². The van der Waals surface area contributed by atoms with E-state index in [1.165, 1.54) is 27.6 Å². The fraction of sp³-hybridized carbons (Fsp3) is 0.423. The number of rotatable bonds is 9. The molecule has 3 rings (SSSR count). The van der Waals surface area contributed by atoms with E-state index in [2.05, 4.69) is 48.0 Å². The van der Waals surface area contributed by atoms with Gasteiger partial charge in [0.05, 0.1) is 7.11 Å². The van der Waals surface area contributed by atoms with Gasteiger partial charge in [-0.3, -0.25) is 4.79 Å². The first kappa shape index (κ1) is 21.9. The molecule has 2 aromatic carbocycles. The Balaban J connectivity index is 1.90. The quantitative estimate of drug-likeness (QED) is 0.483. The second kappa shape index (κ2) is 9.84. The van der Waals surface area contributed by atoms with Gasteiger partial charge >= 0.3 is 0 Å². The Kier molecular flexibility index (Phi) is 7.20. The van der Waals surface area contributed by atoms with E-state index in [1.807, 2.05) is 33.2 Å². The number of carbonyl (C=O) groups is 1. The Labute approximate surface area is 180 Å². The Morgan fingerprint density at radius 1 is 1.13 bits per heavy atom. The van der Waals surface area contributed by atoms with Crippen LogP contribution in [0, 0.1) is 5.92 Å². The SMILES string of the molecule is CCCn1cc(Cc2ccccc2OC)c2cc(CCC(C)C(=O)N(C)C)ccc21. The number of hydrogen-bond donors (Lipinski definition) is 0. The summed E-state index contributed by atoms with van der Waals surface area (Å²) in [6.07, 6.45) is 6.01. The van der Waals surface area contributed by atoms with E-state index < -0.39 is 0 Å². The molecule has 1 atom stereocenters. The Bertz CT molecular complexity index is 1000. The maximum absolute atomic E-state index is 12.2. The summed E-state index contributed by atoms with van der Waals surface area (Å²) >= 11 is 0. The molecule has 4 heteroatoms. The van der Waals surface area contributed by atoms with E-state index in [4.69, 9.17) is 4.74 Å². The molecule has 1 amide bonds. The molecule has 0 saturated carbocycles. The maximum atomic E-state index is 12.2. The molecule has 0 aliphatic rings. The van der Waals surface area contributed by atoms with Crippen molar-refractivity contribution in [1.82, 2.24) is 9.47 Å². The van der Waals surface area contributed by atoms with Gasteiger partial charge < -0.3 is 14.2 Å². The molecule has 3 aromatic rings. The first-order valence-corrected chi connectivity index (χ1v) is 10.9. The van der Waals surface area contributed by atoms with Crippen molar-refractivity contribution in [3.8, 4) is 5.75 Å². The molecule has 0 fully saturated rings. The van der Waals surface area contributed by atoms with Crippen molar-refractivity contribution >= 4 is 16.8 Å². The molecule has 160 valence electrons. The van der Waals surface area contributed by atoms with E-state index in [-0.39, 0.29) is 11.8 Å². The van der Waals surface area contributed by atoms with Gasteiger partial charge in [0.1, 0.15) is 5.75 Å². The molecule has 30 heavy (non-hydrogen) atoms. The van der Waals surface area contributed by atoms with Crippen molar-refractivity contribution < 1.29 is 9.53 Å². The van der Waals surface area contributed by atoms with Gasteiger partial charge in [-0.05, 0) is 54.2 Å². The molecule has 4 nitrogen and oxygen atoms in total. The van der Waals surface area contributed by atoms with E-state index in [9.17, 15) is 4.79 Å². The summed E-state index contributed by atoms with van der Waals surface area (Å²) in [6.45, 7) is 5.24. The number of nitrogens with zero attached hydrogens (tertiary/aromatic N) is 2. The summed E-state index contributed by atoms with van der Waals surface area (Å²) in [6, 6.07) is 15.0. The van der Waals surface area contributed by atoms with Gasteiger partial charge in [0.25, 0.3) is 0 Å². The molecule has 0 spiro atoms. The lowest BCUT2D eigenvalue weighted by atomic mass is 9.97. The van der Waals surface area contributed by atoms with Gasteiger partial charge in [0.2, 0.25) is 5.91 Å². The summed E-state index contributed by atoms with van der Waals surface area (Å²) in [5.41, 5.74) is 5.09. The van der Waals surface area contributed by atoms with Gasteiger partial charge in [0, 0.05) is 50.1 Å². The number of fused-ring (bicyclic) bond motifs is 1.